The smallest absolute Gasteiger partial charge is 0.325 e. The van der Waals surface area contributed by atoms with E-state index in [9.17, 15) is 24.0 Å². The van der Waals surface area contributed by atoms with Gasteiger partial charge in [-0.2, -0.15) is 0 Å². The summed E-state index contributed by atoms with van der Waals surface area (Å²) in [6, 6.07) is -4.25. The van der Waals surface area contributed by atoms with Crippen LogP contribution in [0.4, 0.5) is 0 Å². The number of carbonyl (C=O) groups is 5. The fraction of sp³-hybridized carbons (Fsp3) is 0.684. The lowest BCUT2D eigenvalue weighted by molar-refractivity contribution is -0.145. The van der Waals surface area contributed by atoms with Crippen LogP contribution in [-0.2, 0) is 24.0 Å². The highest BCUT2D eigenvalue weighted by atomic mass is 16.4. The summed E-state index contributed by atoms with van der Waals surface area (Å²) in [6.07, 6.45) is 0.859. The number of carboxylic acid groups (broad SMARTS) is 2. The van der Waals surface area contributed by atoms with Crippen molar-refractivity contribution >= 4 is 35.6 Å². The lowest BCUT2D eigenvalue weighted by Gasteiger charge is -2.29. The summed E-state index contributed by atoms with van der Waals surface area (Å²) < 4.78 is 0. The van der Waals surface area contributed by atoms with E-state index in [4.69, 9.17) is 27.4 Å². The van der Waals surface area contributed by atoms with Crippen molar-refractivity contribution in [1.29, 1.82) is 0 Å². The lowest BCUT2D eigenvalue weighted by atomic mass is 10.1. The van der Waals surface area contributed by atoms with E-state index in [1.54, 1.807) is 0 Å². The molecule has 0 aromatic heterocycles. The molecule has 0 saturated carbocycles. The average molecular weight is 472 g/mol. The number of hydrogen-bond donors (Lipinski definition) is 7. The summed E-state index contributed by atoms with van der Waals surface area (Å²) in [5.74, 6) is -4.37. The molecule has 0 aromatic rings. The number of amides is 3. The Morgan fingerprint density at radius 3 is 2.36 bits per heavy atom. The molecular formula is C19H33N7O7. The van der Waals surface area contributed by atoms with E-state index in [-0.39, 0.29) is 31.9 Å². The van der Waals surface area contributed by atoms with E-state index in [1.807, 2.05) is 0 Å². The second kappa shape index (κ2) is 13.2. The number of nitrogens with one attached hydrogen (secondary N) is 2. The number of aliphatic imine (C=N–C) groups is 1. The van der Waals surface area contributed by atoms with Crippen LogP contribution in [0.15, 0.2) is 4.99 Å². The van der Waals surface area contributed by atoms with E-state index in [0.717, 1.165) is 0 Å². The van der Waals surface area contributed by atoms with E-state index < -0.39 is 60.2 Å². The molecule has 0 spiro atoms. The van der Waals surface area contributed by atoms with Gasteiger partial charge in [0.15, 0.2) is 5.96 Å². The molecule has 1 aliphatic heterocycles. The summed E-state index contributed by atoms with van der Waals surface area (Å²) in [4.78, 5) is 65.2. The largest absolute Gasteiger partial charge is 0.481 e. The Bertz CT molecular complexity index is 770. The number of nitrogens with zero attached hydrogens (tertiary/aromatic N) is 2. The Balaban J connectivity index is 2.85. The van der Waals surface area contributed by atoms with Gasteiger partial charge >= 0.3 is 11.9 Å². The molecular weight excluding hydrogens is 438 g/mol. The van der Waals surface area contributed by atoms with Crippen molar-refractivity contribution in [2.75, 3.05) is 13.1 Å². The molecule has 1 saturated heterocycles. The minimum Gasteiger partial charge on any atom is -0.481 e. The molecule has 0 aromatic carbocycles. The van der Waals surface area contributed by atoms with Crippen LogP contribution in [-0.4, -0.2) is 88.0 Å². The topological polar surface area (TPSA) is 244 Å². The minimum atomic E-state index is -1.22. The van der Waals surface area contributed by atoms with Crippen molar-refractivity contribution in [3.8, 4) is 0 Å². The first-order valence-corrected chi connectivity index (χ1v) is 10.6. The first kappa shape index (κ1) is 27.6. The molecule has 4 atom stereocenters. The summed E-state index contributed by atoms with van der Waals surface area (Å²) in [5, 5.41) is 22.8. The molecule has 3 amide bonds. The molecule has 1 fully saturated rings. The molecule has 14 heteroatoms. The number of rotatable bonds is 13. The van der Waals surface area contributed by atoms with Gasteiger partial charge in [-0.05, 0) is 39.0 Å². The normalized spacial score (nSPS) is 18.0. The van der Waals surface area contributed by atoms with Crippen molar-refractivity contribution in [1.82, 2.24) is 15.5 Å². The Kier molecular flexibility index (Phi) is 11.0. The molecule has 0 bridgehead atoms. The van der Waals surface area contributed by atoms with Crippen LogP contribution in [0.5, 0.6) is 0 Å². The Hall–Kier alpha value is -3.42. The van der Waals surface area contributed by atoms with Crippen LogP contribution in [0.2, 0.25) is 0 Å². The molecule has 0 radical (unpaired) electrons. The van der Waals surface area contributed by atoms with Crippen LogP contribution in [0, 0.1) is 0 Å². The van der Waals surface area contributed by atoms with E-state index in [0.29, 0.717) is 19.3 Å². The standard InChI is InChI=1S/C19H33N7O7/c1-10(18(32)33)24-16(30)13-5-3-9-26(13)17(31)12(6-7-14(27)28)25-15(29)11(20)4-2-8-23-19(21)22/h10-13H,2-9,20H2,1H3,(H,24,30)(H,25,29)(H,27,28)(H,32,33)(H4,21,22,23). The number of carboxylic acids is 2. The van der Waals surface area contributed by atoms with Crippen molar-refractivity contribution in [2.45, 2.75) is 69.6 Å². The number of nitrogens with two attached hydrogens (primary N) is 3. The van der Waals surface area contributed by atoms with Gasteiger partial charge in [0.05, 0.1) is 6.04 Å². The zero-order valence-electron chi connectivity index (χ0n) is 18.5. The van der Waals surface area contributed by atoms with Crippen LogP contribution < -0.4 is 27.8 Å². The number of aliphatic carboxylic acids is 2. The van der Waals surface area contributed by atoms with Gasteiger partial charge < -0.3 is 42.9 Å². The molecule has 186 valence electrons. The third-order valence-corrected chi connectivity index (χ3v) is 5.13. The fourth-order valence-corrected chi connectivity index (χ4v) is 3.33. The van der Waals surface area contributed by atoms with Crippen molar-refractivity contribution in [3.05, 3.63) is 0 Å². The van der Waals surface area contributed by atoms with Crippen molar-refractivity contribution < 1.29 is 34.2 Å². The summed E-state index contributed by atoms with van der Waals surface area (Å²) >= 11 is 0. The summed E-state index contributed by atoms with van der Waals surface area (Å²) in [5.41, 5.74) is 16.3. The van der Waals surface area contributed by atoms with E-state index in [1.165, 1.54) is 11.8 Å². The third kappa shape index (κ3) is 9.31. The molecule has 1 aliphatic rings. The van der Waals surface area contributed by atoms with Crippen LogP contribution >= 0.6 is 0 Å². The highest BCUT2D eigenvalue weighted by molar-refractivity contribution is 5.94. The maximum atomic E-state index is 13.1. The predicted octanol–water partition coefficient (Wildman–Crippen LogP) is -2.70. The number of guanidine groups is 1. The first-order valence-electron chi connectivity index (χ1n) is 10.6. The highest BCUT2D eigenvalue weighted by Crippen LogP contribution is 2.20. The lowest BCUT2D eigenvalue weighted by Crippen LogP contribution is -2.56. The molecule has 4 unspecified atom stereocenters. The molecule has 1 rings (SSSR count). The van der Waals surface area contributed by atoms with Gasteiger partial charge in [-0.3, -0.25) is 29.0 Å². The Morgan fingerprint density at radius 1 is 1.12 bits per heavy atom. The molecule has 14 nitrogen and oxygen atoms in total. The minimum absolute atomic E-state index is 0.0886. The van der Waals surface area contributed by atoms with Gasteiger partial charge in [0, 0.05) is 19.5 Å². The molecule has 1 heterocycles. The van der Waals surface area contributed by atoms with Crippen LogP contribution in [0.3, 0.4) is 0 Å². The Morgan fingerprint density at radius 2 is 1.79 bits per heavy atom. The second-order valence-corrected chi connectivity index (χ2v) is 7.81. The zero-order valence-corrected chi connectivity index (χ0v) is 18.5. The maximum Gasteiger partial charge on any atom is 0.325 e. The SMILES string of the molecule is CC(NC(=O)C1CCCN1C(=O)C(CCC(=O)O)NC(=O)C(N)CCCN=C(N)N)C(=O)O. The number of hydrogen-bond acceptors (Lipinski definition) is 7. The number of likely N-dealkylation sites (tertiary alicyclic amines) is 1. The summed E-state index contributed by atoms with van der Waals surface area (Å²) in [7, 11) is 0. The second-order valence-electron chi connectivity index (χ2n) is 7.81. The maximum absolute atomic E-state index is 13.1. The monoisotopic (exact) mass is 471 g/mol. The van der Waals surface area contributed by atoms with Crippen LogP contribution in [0.25, 0.3) is 0 Å². The van der Waals surface area contributed by atoms with Crippen LogP contribution in [0.1, 0.15) is 45.4 Å². The van der Waals surface area contributed by atoms with Crippen molar-refractivity contribution in [3.63, 3.8) is 0 Å². The third-order valence-electron chi connectivity index (χ3n) is 5.13. The van der Waals surface area contributed by atoms with Gasteiger partial charge in [-0.25, -0.2) is 0 Å². The Labute approximate surface area is 190 Å². The predicted molar refractivity (Wildman–Crippen MR) is 117 cm³/mol. The van der Waals surface area contributed by atoms with Gasteiger partial charge in [0.1, 0.15) is 18.1 Å². The van der Waals surface area contributed by atoms with Gasteiger partial charge in [0.25, 0.3) is 0 Å². The van der Waals surface area contributed by atoms with Crippen molar-refractivity contribution in [2.24, 2.45) is 22.2 Å². The molecule has 0 aliphatic carbocycles. The quantitative estimate of drug-likeness (QED) is 0.0831. The highest BCUT2D eigenvalue weighted by Gasteiger charge is 2.38. The molecule has 10 N–H and O–H groups in total. The average Bonchev–Trinajstić information content (AvgIpc) is 3.22. The van der Waals surface area contributed by atoms with Gasteiger partial charge in [-0.1, -0.05) is 0 Å². The number of carbonyl (C=O) groups excluding carboxylic acids is 3. The fourth-order valence-electron chi connectivity index (χ4n) is 3.33. The van der Waals surface area contributed by atoms with E-state index >= 15 is 0 Å². The first-order chi connectivity index (χ1) is 15.4. The zero-order chi connectivity index (χ0) is 25.1. The molecule has 33 heavy (non-hydrogen) atoms. The summed E-state index contributed by atoms with van der Waals surface area (Å²) in [6.45, 7) is 1.78. The van der Waals surface area contributed by atoms with Gasteiger partial charge in [0.2, 0.25) is 17.7 Å². The van der Waals surface area contributed by atoms with Gasteiger partial charge in [-0.15, -0.1) is 0 Å². The van der Waals surface area contributed by atoms with E-state index in [2.05, 4.69) is 15.6 Å².